The average molecular weight is 293 g/mol. The summed E-state index contributed by atoms with van der Waals surface area (Å²) in [6.07, 6.45) is 1.57. The van der Waals surface area contributed by atoms with Crippen LogP contribution in [0.25, 0.3) is 0 Å². The maximum absolute atomic E-state index is 11.3. The van der Waals surface area contributed by atoms with Gasteiger partial charge in [-0.1, -0.05) is 13.8 Å². The number of carbonyl (C=O) groups is 1. The molecule has 0 atom stereocenters. The fourth-order valence-electron chi connectivity index (χ4n) is 2.25. The van der Waals surface area contributed by atoms with Gasteiger partial charge >= 0.3 is 5.97 Å². The van der Waals surface area contributed by atoms with E-state index >= 15 is 0 Å². The summed E-state index contributed by atoms with van der Waals surface area (Å²) in [6.45, 7) is 9.51. The first-order chi connectivity index (χ1) is 10.1. The Balaban J connectivity index is 1.96. The molecule has 0 aromatic carbocycles. The topological polar surface area (TPSA) is 90.4 Å². The molecule has 1 aliphatic heterocycles. The van der Waals surface area contributed by atoms with E-state index < -0.39 is 5.97 Å². The number of aromatic nitrogens is 2. The van der Waals surface area contributed by atoms with Crippen LogP contribution in [-0.4, -0.2) is 65.2 Å². The second-order valence-electron chi connectivity index (χ2n) is 5.47. The van der Waals surface area contributed by atoms with Crippen molar-refractivity contribution in [3.63, 3.8) is 0 Å². The molecule has 0 radical (unpaired) electrons. The minimum atomic E-state index is -1.02. The van der Waals surface area contributed by atoms with Crippen molar-refractivity contribution < 1.29 is 9.90 Å². The van der Waals surface area contributed by atoms with Gasteiger partial charge in [0.2, 0.25) is 0 Å². The highest BCUT2D eigenvalue weighted by atomic mass is 16.4. The van der Waals surface area contributed by atoms with Crippen LogP contribution in [0.5, 0.6) is 0 Å². The molecule has 0 aliphatic carbocycles. The van der Waals surface area contributed by atoms with Crippen LogP contribution >= 0.6 is 0 Å². The number of aromatic carboxylic acids is 1. The molecule has 0 unspecified atom stereocenters. The molecule has 2 heterocycles. The van der Waals surface area contributed by atoms with E-state index in [9.17, 15) is 9.90 Å². The average Bonchev–Trinajstić information content (AvgIpc) is 2.48. The molecule has 0 bridgehead atoms. The molecule has 2 rings (SSSR count). The Morgan fingerprint density at radius 3 is 2.81 bits per heavy atom. The first-order valence-electron chi connectivity index (χ1n) is 7.35. The lowest BCUT2D eigenvalue weighted by molar-refractivity contribution is 0.0691. The monoisotopic (exact) mass is 293 g/mol. The molecule has 7 nitrogen and oxygen atoms in total. The van der Waals surface area contributed by atoms with E-state index in [2.05, 4.69) is 25.5 Å². The Labute approximate surface area is 124 Å². The van der Waals surface area contributed by atoms with Gasteiger partial charge in [0.15, 0.2) is 5.69 Å². The van der Waals surface area contributed by atoms with Crippen LogP contribution in [-0.2, 0) is 0 Å². The Bertz CT molecular complexity index is 486. The van der Waals surface area contributed by atoms with Gasteiger partial charge in [-0.25, -0.2) is 14.8 Å². The van der Waals surface area contributed by atoms with Gasteiger partial charge in [0, 0.05) is 45.2 Å². The molecule has 0 spiro atoms. The number of piperazine rings is 1. The third-order valence-electron chi connectivity index (χ3n) is 3.48. The lowest BCUT2D eigenvalue weighted by Gasteiger charge is -2.27. The Morgan fingerprint density at radius 2 is 2.19 bits per heavy atom. The van der Waals surface area contributed by atoms with Crippen LogP contribution in [0.3, 0.4) is 0 Å². The van der Waals surface area contributed by atoms with Crippen molar-refractivity contribution in [2.75, 3.05) is 44.6 Å². The number of nitrogens with one attached hydrogen (secondary N) is 2. The van der Waals surface area contributed by atoms with Crippen LogP contribution in [0, 0.1) is 0 Å². The highest BCUT2D eigenvalue weighted by molar-refractivity contribution is 5.91. The smallest absolute Gasteiger partial charge is 0.356 e. The summed E-state index contributed by atoms with van der Waals surface area (Å²) in [4.78, 5) is 22.0. The zero-order chi connectivity index (χ0) is 15.2. The minimum absolute atomic E-state index is 0.0500. The zero-order valence-corrected chi connectivity index (χ0v) is 12.6. The molecular weight excluding hydrogens is 270 g/mol. The van der Waals surface area contributed by atoms with Crippen molar-refractivity contribution in [3.05, 3.63) is 17.7 Å². The summed E-state index contributed by atoms with van der Waals surface area (Å²) in [6, 6.07) is 0. The molecule has 0 amide bonds. The number of carboxylic acids is 1. The van der Waals surface area contributed by atoms with E-state index in [-0.39, 0.29) is 11.6 Å². The van der Waals surface area contributed by atoms with Gasteiger partial charge in [-0.2, -0.15) is 0 Å². The van der Waals surface area contributed by atoms with Crippen LogP contribution in [0.15, 0.2) is 6.20 Å². The van der Waals surface area contributed by atoms with Gasteiger partial charge in [0.25, 0.3) is 0 Å². The van der Waals surface area contributed by atoms with E-state index in [1.807, 2.05) is 13.8 Å². The van der Waals surface area contributed by atoms with Crippen molar-refractivity contribution >= 4 is 11.7 Å². The van der Waals surface area contributed by atoms with E-state index in [1.54, 1.807) is 6.20 Å². The zero-order valence-electron chi connectivity index (χ0n) is 12.6. The fraction of sp³-hybridized carbons (Fsp3) is 0.643. The molecule has 116 valence electrons. The maximum Gasteiger partial charge on any atom is 0.356 e. The summed E-state index contributed by atoms with van der Waals surface area (Å²) in [5.41, 5.74) is 0.538. The van der Waals surface area contributed by atoms with E-state index in [4.69, 9.17) is 0 Å². The van der Waals surface area contributed by atoms with Crippen molar-refractivity contribution in [2.24, 2.45) is 0 Å². The van der Waals surface area contributed by atoms with E-state index in [1.165, 1.54) is 0 Å². The lowest BCUT2D eigenvalue weighted by atomic mass is 10.2. The van der Waals surface area contributed by atoms with E-state index in [0.29, 0.717) is 18.1 Å². The number of hydrogen-bond acceptors (Lipinski definition) is 6. The molecular formula is C14H23N5O2. The van der Waals surface area contributed by atoms with Crippen molar-refractivity contribution in [1.29, 1.82) is 0 Å². The Morgan fingerprint density at radius 1 is 1.48 bits per heavy atom. The van der Waals surface area contributed by atoms with Gasteiger partial charge in [0.05, 0.1) is 11.9 Å². The van der Waals surface area contributed by atoms with Crippen LogP contribution < -0.4 is 10.6 Å². The van der Waals surface area contributed by atoms with Crippen molar-refractivity contribution in [1.82, 2.24) is 20.2 Å². The molecule has 21 heavy (non-hydrogen) atoms. The molecule has 7 heteroatoms. The second-order valence-corrected chi connectivity index (χ2v) is 5.47. The maximum atomic E-state index is 11.3. The number of rotatable bonds is 6. The Kier molecular flexibility index (Phi) is 5.46. The first kappa shape index (κ1) is 15.7. The van der Waals surface area contributed by atoms with Gasteiger partial charge in [0.1, 0.15) is 5.82 Å². The summed E-state index contributed by atoms with van der Waals surface area (Å²) in [5, 5.41) is 15.7. The molecule has 3 N–H and O–H groups in total. The van der Waals surface area contributed by atoms with Crippen molar-refractivity contribution in [3.8, 4) is 0 Å². The van der Waals surface area contributed by atoms with Gasteiger partial charge in [-0.3, -0.25) is 4.90 Å². The molecule has 1 aliphatic rings. The van der Waals surface area contributed by atoms with Gasteiger partial charge in [-0.15, -0.1) is 0 Å². The quantitative estimate of drug-likeness (QED) is 0.708. The second kappa shape index (κ2) is 7.33. The number of nitrogens with zero attached hydrogens (tertiary/aromatic N) is 3. The van der Waals surface area contributed by atoms with E-state index in [0.717, 1.165) is 32.7 Å². The molecule has 1 saturated heterocycles. The number of anilines is 1. The predicted octanol–water partition coefficient (Wildman–Crippen LogP) is 0.615. The minimum Gasteiger partial charge on any atom is -0.476 e. The third-order valence-corrected chi connectivity index (χ3v) is 3.48. The van der Waals surface area contributed by atoms with Crippen LogP contribution in [0.1, 0.15) is 36.1 Å². The fourth-order valence-corrected chi connectivity index (χ4v) is 2.25. The summed E-state index contributed by atoms with van der Waals surface area (Å²) in [7, 11) is 0. The van der Waals surface area contributed by atoms with Crippen LogP contribution in [0.4, 0.5) is 5.69 Å². The number of hydrogen-bond donors (Lipinski definition) is 3. The third kappa shape index (κ3) is 4.37. The largest absolute Gasteiger partial charge is 0.476 e. The summed E-state index contributed by atoms with van der Waals surface area (Å²) < 4.78 is 0. The SMILES string of the molecule is CC(C)c1ncc(NCCN2CCNCC2)c(C(=O)O)n1. The lowest BCUT2D eigenvalue weighted by Crippen LogP contribution is -2.45. The summed E-state index contributed by atoms with van der Waals surface area (Å²) in [5.74, 6) is -0.359. The molecule has 0 saturated carbocycles. The number of carboxylic acid groups (broad SMARTS) is 1. The highest BCUT2D eigenvalue weighted by Gasteiger charge is 2.16. The highest BCUT2D eigenvalue weighted by Crippen LogP contribution is 2.16. The summed E-state index contributed by atoms with van der Waals surface area (Å²) >= 11 is 0. The Hall–Kier alpha value is -1.73. The van der Waals surface area contributed by atoms with Crippen molar-refractivity contribution in [2.45, 2.75) is 19.8 Å². The van der Waals surface area contributed by atoms with Gasteiger partial charge in [-0.05, 0) is 0 Å². The first-order valence-corrected chi connectivity index (χ1v) is 7.35. The standard InChI is InChI=1S/C14H23N5O2/c1-10(2)13-17-9-11(12(18-13)14(20)21)16-5-8-19-6-3-15-4-7-19/h9-10,15-16H,3-8H2,1-2H3,(H,20,21). The molecule has 1 aromatic heterocycles. The van der Waals surface area contributed by atoms with Gasteiger partial charge < -0.3 is 15.7 Å². The molecule has 1 fully saturated rings. The van der Waals surface area contributed by atoms with Crippen LogP contribution in [0.2, 0.25) is 0 Å². The predicted molar refractivity (Wildman–Crippen MR) is 80.9 cm³/mol. The molecule has 1 aromatic rings. The normalized spacial score (nSPS) is 16.1.